The maximum absolute atomic E-state index is 12.5. The number of hydrogen-bond donors (Lipinski definition) is 1. The second-order valence-corrected chi connectivity index (χ2v) is 7.85. The molecular weight excluding hydrogens is 386 g/mol. The molecule has 0 bridgehead atoms. The minimum Gasteiger partial charge on any atom is -0.493 e. The summed E-state index contributed by atoms with van der Waals surface area (Å²) in [4.78, 5) is 24.0. The molecule has 3 rings (SSSR count). The van der Waals surface area contributed by atoms with Gasteiger partial charge in [-0.15, -0.1) is 0 Å². The van der Waals surface area contributed by atoms with E-state index in [2.05, 4.69) is 13.8 Å². The summed E-state index contributed by atoms with van der Waals surface area (Å²) in [5.41, 5.74) is 1.92. The van der Waals surface area contributed by atoms with Crippen molar-refractivity contribution < 1.29 is 24.1 Å². The molecule has 0 radical (unpaired) electrons. The van der Waals surface area contributed by atoms with Crippen molar-refractivity contribution in [3.05, 3.63) is 45.7 Å². The van der Waals surface area contributed by atoms with E-state index in [1.807, 2.05) is 16.7 Å². The summed E-state index contributed by atoms with van der Waals surface area (Å²) in [6, 6.07) is 5.36. The summed E-state index contributed by atoms with van der Waals surface area (Å²) in [7, 11) is 3.24. The zero-order valence-corrected chi connectivity index (χ0v) is 17.9. The third-order valence-electron chi connectivity index (χ3n) is 5.56. The van der Waals surface area contributed by atoms with Crippen LogP contribution in [-0.2, 0) is 11.2 Å². The Hall–Kier alpha value is -2.80. The number of fused-ring (bicyclic) bond motifs is 3. The molecule has 2 aromatic rings. The molecule has 1 aliphatic rings. The summed E-state index contributed by atoms with van der Waals surface area (Å²) >= 11 is 0. The van der Waals surface area contributed by atoms with Crippen molar-refractivity contribution >= 4 is 5.97 Å². The van der Waals surface area contributed by atoms with Gasteiger partial charge in [0.05, 0.1) is 19.4 Å². The van der Waals surface area contributed by atoms with Gasteiger partial charge in [-0.2, -0.15) is 0 Å². The lowest BCUT2D eigenvalue weighted by molar-refractivity contribution is 0.0694. The Morgan fingerprint density at radius 3 is 2.60 bits per heavy atom. The van der Waals surface area contributed by atoms with Gasteiger partial charge < -0.3 is 23.9 Å². The summed E-state index contributed by atoms with van der Waals surface area (Å²) in [5, 5.41) is 9.44. The van der Waals surface area contributed by atoms with Crippen molar-refractivity contribution in [1.82, 2.24) is 4.57 Å². The average molecular weight is 415 g/mol. The van der Waals surface area contributed by atoms with Crippen LogP contribution in [0.4, 0.5) is 0 Å². The number of pyridine rings is 1. The van der Waals surface area contributed by atoms with Crippen LogP contribution in [-0.4, -0.2) is 43.1 Å². The molecule has 0 saturated heterocycles. The molecule has 0 aliphatic carbocycles. The number of carboxylic acids is 1. The summed E-state index contributed by atoms with van der Waals surface area (Å²) in [6.45, 7) is 5.34. The van der Waals surface area contributed by atoms with Crippen molar-refractivity contribution in [3.8, 4) is 22.8 Å². The number of carboxylic acid groups (broad SMARTS) is 1. The van der Waals surface area contributed by atoms with Crippen molar-refractivity contribution in [2.24, 2.45) is 5.92 Å². The van der Waals surface area contributed by atoms with Crippen molar-refractivity contribution in [2.45, 2.75) is 39.2 Å². The molecular formula is C23H29NO6. The van der Waals surface area contributed by atoms with Crippen LogP contribution in [0.25, 0.3) is 11.3 Å². The Morgan fingerprint density at radius 2 is 1.97 bits per heavy atom. The van der Waals surface area contributed by atoms with Crippen LogP contribution in [0.5, 0.6) is 11.5 Å². The van der Waals surface area contributed by atoms with Gasteiger partial charge in [0.25, 0.3) is 0 Å². The second-order valence-electron chi connectivity index (χ2n) is 7.85. The van der Waals surface area contributed by atoms with Crippen LogP contribution in [0, 0.1) is 5.92 Å². The maximum Gasteiger partial charge on any atom is 0.341 e. The third kappa shape index (κ3) is 4.36. The first-order valence-corrected chi connectivity index (χ1v) is 10.2. The Balaban J connectivity index is 2.13. The Kier molecular flexibility index (Phi) is 6.82. The number of hydrogen-bond acceptors (Lipinski definition) is 5. The highest BCUT2D eigenvalue weighted by molar-refractivity contribution is 5.87. The molecule has 7 nitrogen and oxygen atoms in total. The van der Waals surface area contributed by atoms with Crippen molar-refractivity contribution in [3.63, 3.8) is 0 Å². The first-order chi connectivity index (χ1) is 14.4. The first kappa shape index (κ1) is 21.9. The molecule has 1 atom stereocenters. The average Bonchev–Trinajstić information content (AvgIpc) is 2.86. The van der Waals surface area contributed by atoms with E-state index in [-0.39, 0.29) is 17.5 Å². The van der Waals surface area contributed by atoms with E-state index in [1.54, 1.807) is 14.2 Å². The predicted molar refractivity (Wildman–Crippen MR) is 114 cm³/mol. The van der Waals surface area contributed by atoms with Gasteiger partial charge in [-0.05, 0) is 36.5 Å². The lowest BCUT2D eigenvalue weighted by atomic mass is 9.96. The van der Waals surface area contributed by atoms with Crippen molar-refractivity contribution in [2.75, 3.05) is 27.4 Å². The second kappa shape index (κ2) is 9.34. The molecule has 2 heterocycles. The maximum atomic E-state index is 12.5. The predicted octanol–water partition coefficient (Wildman–Crippen LogP) is 3.78. The molecule has 0 saturated carbocycles. The van der Waals surface area contributed by atoms with Gasteiger partial charge in [-0.25, -0.2) is 4.79 Å². The molecule has 1 unspecified atom stereocenters. The SMILES string of the molecule is COCCCOc1cc2c(cc1OC)-c1cc(=O)c(C(=O)O)cn1C(C(C)C)CC2. The van der Waals surface area contributed by atoms with Crippen LogP contribution in [0.1, 0.15) is 48.7 Å². The number of aryl methyl sites for hydroxylation is 1. The minimum absolute atomic E-state index is 0.0724. The number of carbonyl (C=O) groups is 1. The standard InChI is InChI=1S/C23H29NO6/c1-14(2)18-7-6-15-10-22(30-9-5-8-28-3)21(29-4)11-16(15)19-12-20(25)17(23(26)27)13-24(18)19/h10-14,18H,5-9H2,1-4H3,(H,26,27). The molecule has 1 aromatic heterocycles. The molecule has 30 heavy (non-hydrogen) atoms. The quantitative estimate of drug-likeness (QED) is 0.660. The van der Waals surface area contributed by atoms with E-state index in [0.717, 1.165) is 30.4 Å². The van der Waals surface area contributed by atoms with Crippen LogP contribution in [0.2, 0.25) is 0 Å². The van der Waals surface area contributed by atoms with Gasteiger partial charge in [0.15, 0.2) is 16.9 Å². The topological polar surface area (TPSA) is 87.0 Å². The van der Waals surface area contributed by atoms with E-state index in [4.69, 9.17) is 14.2 Å². The first-order valence-electron chi connectivity index (χ1n) is 10.2. The van der Waals surface area contributed by atoms with Gasteiger partial charge in [0, 0.05) is 44.0 Å². The zero-order valence-electron chi connectivity index (χ0n) is 17.9. The number of ether oxygens (including phenoxy) is 3. The fourth-order valence-corrected chi connectivity index (χ4v) is 4.00. The van der Waals surface area contributed by atoms with E-state index in [9.17, 15) is 14.7 Å². The van der Waals surface area contributed by atoms with Gasteiger partial charge >= 0.3 is 5.97 Å². The molecule has 1 aliphatic heterocycles. The Labute approximate surface area is 176 Å². The van der Waals surface area contributed by atoms with Crippen LogP contribution >= 0.6 is 0 Å². The fourth-order valence-electron chi connectivity index (χ4n) is 4.00. The zero-order chi connectivity index (χ0) is 21.8. The summed E-state index contributed by atoms with van der Waals surface area (Å²) in [6.07, 6.45) is 3.87. The summed E-state index contributed by atoms with van der Waals surface area (Å²) < 4.78 is 18.5. The smallest absolute Gasteiger partial charge is 0.341 e. The normalized spacial score (nSPS) is 15.3. The lowest BCUT2D eigenvalue weighted by Crippen LogP contribution is -2.23. The molecule has 0 fully saturated rings. The van der Waals surface area contributed by atoms with E-state index in [1.165, 1.54) is 12.3 Å². The molecule has 1 N–H and O–H groups in total. The third-order valence-corrected chi connectivity index (χ3v) is 5.56. The number of rotatable bonds is 8. The highest BCUT2D eigenvalue weighted by Gasteiger charge is 2.27. The number of benzene rings is 1. The minimum atomic E-state index is -1.21. The summed E-state index contributed by atoms with van der Waals surface area (Å²) in [5.74, 6) is 0.301. The van der Waals surface area contributed by atoms with Crippen LogP contribution in [0.3, 0.4) is 0 Å². The largest absolute Gasteiger partial charge is 0.493 e. The van der Waals surface area contributed by atoms with E-state index in [0.29, 0.717) is 30.4 Å². The Morgan fingerprint density at radius 1 is 1.20 bits per heavy atom. The highest BCUT2D eigenvalue weighted by Crippen LogP contribution is 2.41. The number of nitrogens with zero attached hydrogens (tertiary/aromatic N) is 1. The van der Waals surface area contributed by atoms with Crippen LogP contribution in [0.15, 0.2) is 29.2 Å². The van der Waals surface area contributed by atoms with Gasteiger partial charge in [-0.3, -0.25) is 4.79 Å². The van der Waals surface area contributed by atoms with Gasteiger partial charge in [0.2, 0.25) is 0 Å². The van der Waals surface area contributed by atoms with Gasteiger partial charge in [-0.1, -0.05) is 13.8 Å². The van der Waals surface area contributed by atoms with E-state index >= 15 is 0 Å². The molecule has 162 valence electrons. The molecule has 1 aromatic carbocycles. The monoisotopic (exact) mass is 415 g/mol. The highest BCUT2D eigenvalue weighted by atomic mass is 16.5. The number of methoxy groups -OCH3 is 2. The number of aromatic nitrogens is 1. The molecule has 0 spiro atoms. The number of aromatic carboxylic acids is 1. The molecule has 0 amide bonds. The molecule has 7 heteroatoms. The van der Waals surface area contributed by atoms with Crippen LogP contribution < -0.4 is 14.9 Å². The van der Waals surface area contributed by atoms with Crippen molar-refractivity contribution in [1.29, 1.82) is 0 Å². The fraction of sp³-hybridized carbons (Fsp3) is 0.478. The Bertz CT molecular complexity index is 978. The van der Waals surface area contributed by atoms with E-state index < -0.39 is 11.4 Å². The van der Waals surface area contributed by atoms with Gasteiger partial charge in [0.1, 0.15) is 5.56 Å². The lowest BCUT2D eigenvalue weighted by Gasteiger charge is -2.25.